The van der Waals surface area contributed by atoms with Gasteiger partial charge in [-0.25, -0.2) is 0 Å². The van der Waals surface area contributed by atoms with E-state index < -0.39 is 16.3 Å². The van der Waals surface area contributed by atoms with Crippen LogP contribution in [0, 0.1) is 11.3 Å². The van der Waals surface area contributed by atoms with E-state index in [0.29, 0.717) is 6.42 Å². The highest BCUT2D eigenvalue weighted by molar-refractivity contribution is 6.57. The molecule has 0 saturated carbocycles. The average molecular weight is 209 g/mol. The van der Waals surface area contributed by atoms with Gasteiger partial charge in [0, 0.05) is 0 Å². The number of nitrogens with zero attached hydrogens (tertiary/aromatic N) is 1. The number of halogens is 2. The number of alkyl halides is 2. The molecule has 0 rings (SSSR count). The highest BCUT2D eigenvalue weighted by Crippen LogP contribution is 2.19. The molecule has 12 heavy (non-hydrogen) atoms. The maximum atomic E-state index is 11.1. The molecular weight excluding hydrogens is 199 g/mol. The molecule has 1 amide bonds. The predicted octanol–water partition coefficient (Wildman–Crippen LogP) is 1.60. The lowest BCUT2D eigenvalue weighted by molar-refractivity contribution is -0.121. The van der Waals surface area contributed by atoms with Crippen LogP contribution >= 0.6 is 23.2 Å². The maximum absolute atomic E-state index is 11.1. The van der Waals surface area contributed by atoms with Crippen molar-refractivity contribution in [3.8, 4) is 6.07 Å². The molecule has 0 bridgehead atoms. The van der Waals surface area contributed by atoms with Gasteiger partial charge < -0.3 is 5.32 Å². The van der Waals surface area contributed by atoms with E-state index in [9.17, 15) is 4.79 Å². The zero-order valence-electron chi connectivity index (χ0n) is 6.90. The van der Waals surface area contributed by atoms with Crippen LogP contribution in [0.15, 0.2) is 0 Å². The van der Waals surface area contributed by atoms with Crippen LogP contribution in [0.25, 0.3) is 0 Å². The zero-order valence-corrected chi connectivity index (χ0v) is 8.41. The second-order valence-electron chi connectivity index (χ2n) is 2.45. The molecule has 68 valence electrons. The van der Waals surface area contributed by atoms with Crippen LogP contribution in [-0.4, -0.2) is 16.3 Å². The summed E-state index contributed by atoms with van der Waals surface area (Å²) in [6.07, 6.45) is 0.534. The number of carbonyl (C=O) groups excluding carboxylic acids is 1. The maximum Gasteiger partial charge on any atom is 0.257 e. The van der Waals surface area contributed by atoms with Gasteiger partial charge in [0.1, 0.15) is 6.04 Å². The summed E-state index contributed by atoms with van der Waals surface area (Å²) in [6, 6.07) is 1.39. The first-order valence-corrected chi connectivity index (χ1v) is 4.25. The number of carbonyl (C=O) groups is 1. The smallest absolute Gasteiger partial charge is 0.257 e. The summed E-state index contributed by atoms with van der Waals surface area (Å²) in [5, 5.41) is 10.9. The third kappa shape index (κ3) is 3.80. The van der Waals surface area contributed by atoms with Crippen molar-refractivity contribution in [1.29, 1.82) is 5.26 Å². The molecule has 0 aromatic carbocycles. The van der Waals surface area contributed by atoms with Crippen molar-refractivity contribution in [1.82, 2.24) is 5.32 Å². The molecular formula is C7H10Cl2N2O. The van der Waals surface area contributed by atoms with Crippen LogP contribution in [0.1, 0.15) is 20.3 Å². The van der Waals surface area contributed by atoms with Crippen LogP contribution in [0.3, 0.4) is 0 Å². The van der Waals surface area contributed by atoms with Crippen LogP contribution in [-0.2, 0) is 4.79 Å². The lowest BCUT2D eigenvalue weighted by atomic mass is 10.2. The molecule has 0 aromatic rings. The molecule has 5 heteroatoms. The van der Waals surface area contributed by atoms with Gasteiger partial charge in [-0.3, -0.25) is 4.79 Å². The lowest BCUT2D eigenvalue weighted by Gasteiger charge is -2.15. The Balaban J connectivity index is 4.11. The fraction of sp³-hybridized carbons (Fsp3) is 0.714. The third-order valence-electron chi connectivity index (χ3n) is 1.27. The Morgan fingerprint density at radius 1 is 1.75 bits per heavy atom. The molecule has 0 aliphatic rings. The number of hydrogen-bond donors (Lipinski definition) is 1. The van der Waals surface area contributed by atoms with Gasteiger partial charge >= 0.3 is 0 Å². The molecule has 0 aliphatic carbocycles. The second kappa shape index (κ2) is 4.54. The average Bonchev–Trinajstić information content (AvgIpc) is 1.97. The van der Waals surface area contributed by atoms with Gasteiger partial charge in [-0.15, -0.1) is 0 Å². The minimum atomic E-state index is -1.47. The van der Waals surface area contributed by atoms with E-state index in [1.54, 1.807) is 6.92 Å². The molecule has 1 N–H and O–H groups in total. The summed E-state index contributed by atoms with van der Waals surface area (Å²) in [5.74, 6) is -0.542. The van der Waals surface area contributed by atoms with Crippen LogP contribution in [0.4, 0.5) is 0 Å². The minimum Gasteiger partial charge on any atom is -0.338 e. The topological polar surface area (TPSA) is 52.9 Å². The van der Waals surface area contributed by atoms with Gasteiger partial charge in [-0.05, 0) is 13.3 Å². The SMILES string of the molecule is CC[C@@H](C#N)NC(=O)C(C)(Cl)Cl. The van der Waals surface area contributed by atoms with E-state index in [4.69, 9.17) is 28.5 Å². The van der Waals surface area contributed by atoms with E-state index in [2.05, 4.69) is 5.32 Å². The molecule has 0 radical (unpaired) electrons. The van der Waals surface area contributed by atoms with E-state index in [1.807, 2.05) is 6.07 Å². The summed E-state index contributed by atoms with van der Waals surface area (Å²) in [6.45, 7) is 3.14. The van der Waals surface area contributed by atoms with Crippen molar-refractivity contribution >= 4 is 29.1 Å². The number of nitrogens with one attached hydrogen (secondary N) is 1. The van der Waals surface area contributed by atoms with Crippen molar-refractivity contribution in [2.24, 2.45) is 0 Å². The van der Waals surface area contributed by atoms with E-state index in [1.165, 1.54) is 6.92 Å². The highest BCUT2D eigenvalue weighted by atomic mass is 35.5. The second-order valence-corrected chi connectivity index (χ2v) is 4.16. The third-order valence-corrected chi connectivity index (χ3v) is 1.61. The van der Waals surface area contributed by atoms with Crippen molar-refractivity contribution in [3.63, 3.8) is 0 Å². The Kier molecular flexibility index (Phi) is 4.36. The molecule has 3 nitrogen and oxygen atoms in total. The molecule has 0 fully saturated rings. The molecule has 0 spiro atoms. The Hall–Kier alpha value is -0.460. The summed E-state index contributed by atoms with van der Waals surface area (Å²) >= 11 is 11.0. The predicted molar refractivity (Wildman–Crippen MR) is 47.9 cm³/mol. The van der Waals surface area contributed by atoms with E-state index in [0.717, 1.165) is 0 Å². The van der Waals surface area contributed by atoms with Crippen molar-refractivity contribution in [2.45, 2.75) is 30.6 Å². The number of amides is 1. The minimum absolute atomic E-state index is 0.519. The van der Waals surface area contributed by atoms with Crippen molar-refractivity contribution in [2.75, 3.05) is 0 Å². The first-order chi connectivity index (χ1) is 5.41. The van der Waals surface area contributed by atoms with Crippen molar-refractivity contribution in [3.05, 3.63) is 0 Å². The Morgan fingerprint density at radius 3 is 2.50 bits per heavy atom. The Labute approximate surface area is 81.6 Å². The molecule has 0 unspecified atom stereocenters. The number of rotatable bonds is 3. The van der Waals surface area contributed by atoms with Crippen LogP contribution in [0.2, 0.25) is 0 Å². The normalized spacial score (nSPS) is 13.2. The van der Waals surface area contributed by atoms with Gasteiger partial charge in [0.25, 0.3) is 5.91 Å². The Morgan fingerprint density at radius 2 is 2.25 bits per heavy atom. The quantitative estimate of drug-likeness (QED) is 0.717. The monoisotopic (exact) mass is 208 g/mol. The van der Waals surface area contributed by atoms with E-state index >= 15 is 0 Å². The highest BCUT2D eigenvalue weighted by Gasteiger charge is 2.28. The Bertz CT molecular complexity index is 204. The van der Waals surface area contributed by atoms with Crippen LogP contribution < -0.4 is 5.32 Å². The first kappa shape index (κ1) is 11.5. The standard InChI is InChI=1S/C7H10Cl2N2O/c1-3-5(4-10)11-6(12)7(2,8)9/h5H,3H2,1-2H3,(H,11,12)/t5-/m0/s1. The summed E-state index contributed by atoms with van der Waals surface area (Å²) in [7, 11) is 0. The van der Waals surface area contributed by atoms with Crippen LogP contribution in [0.5, 0.6) is 0 Å². The van der Waals surface area contributed by atoms with Gasteiger partial charge in [-0.1, -0.05) is 30.1 Å². The van der Waals surface area contributed by atoms with Crippen molar-refractivity contribution < 1.29 is 4.79 Å². The van der Waals surface area contributed by atoms with Gasteiger partial charge in [0.15, 0.2) is 4.33 Å². The fourth-order valence-electron chi connectivity index (χ4n) is 0.511. The zero-order chi connectivity index (χ0) is 9.78. The molecule has 0 heterocycles. The largest absolute Gasteiger partial charge is 0.338 e. The fourth-order valence-corrected chi connectivity index (χ4v) is 0.620. The summed E-state index contributed by atoms with van der Waals surface area (Å²) < 4.78 is -1.47. The molecule has 1 atom stereocenters. The summed E-state index contributed by atoms with van der Waals surface area (Å²) in [4.78, 5) is 11.1. The number of nitriles is 1. The van der Waals surface area contributed by atoms with Gasteiger partial charge in [-0.2, -0.15) is 5.26 Å². The van der Waals surface area contributed by atoms with Gasteiger partial charge in [0.2, 0.25) is 0 Å². The molecule has 0 saturated heterocycles. The lowest BCUT2D eigenvalue weighted by Crippen LogP contribution is -2.41. The van der Waals surface area contributed by atoms with E-state index in [-0.39, 0.29) is 0 Å². The first-order valence-electron chi connectivity index (χ1n) is 3.50. The summed E-state index contributed by atoms with van der Waals surface area (Å²) in [5.41, 5.74) is 0. The number of hydrogen-bond acceptors (Lipinski definition) is 2. The molecule has 0 aromatic heterocycles. The molecule has 0 aliphatic heterocycles. The van der Waals surface area contributed by atoms with Gasteiger partial charge in [0.05, 0.1) is 6.07 Å².